The molecule has 8 heteroatoms. The molecule has 0 aliphatic rings. The summed E-state index contributed by atoms with van der Waals surface area (Å²) in [5.74, 6) is -0.100. The van der Waals surface area contributed by atoms with Crippen LogP contribution in [-0.2, 0) is 4.79 Å². The van der Waals surface area contributed by atoms with Crippen LogP contribution in [0.25, 0.3) is 10.2 Å². The second kappa shape index (κ2) is 8.87. The van der Waals surface area contributed by atoms with Crippen molar-refractivity contribution in [3.63, 3.8) is 0 Å². The molecule has 0 radical (unpaired) electrons. The maximum atomic E-state index is 13.6. The summed E-state index contributed by atoms with van der Waals surface area (Å²) < 4.78 is 1.01. The molecule has 0 saturated heterocycles. The molecule has 4 aromatic rings. The molecular weight excluding hydrogens is 430 g/mol. The van der Waals surface area contributed by atoms with Gasteiger partial charge in [-0.1, -0.05) is 41.7 Å². The number of hydrogen-bond donors (Lipinski definition) is 0. The number of fused-ring (bicyclic) bond motifs is 1. The van der Waals surface area contributed by atoms with Gasteiger partial charge in [0.25, 0.3) is 5.69 Å². The number of rotatable bonds is 6. The third kappa shape index (κ3) is 4.45. The lowest BCUT2D eigenvalue weighted by Crippen LogP contribution is -2.33. The molecule has 0 unspecified atom stereocenters. The minimum atomic E-state index is -0.434. The minimum Gasteiger partial charge on any atom is -0.273 e. The van der Waals surface area contributed by atoms with Crippen LogP contribution in [0.1, 0.15) is 12.5 Å². The van der Waals surface area contributed by atoms with Crippen LogP contribution in [0.4, 0.5) is 16.5 Å². The molecule has 6 nitrogen and oxygen atoms in total. The van der Waals surface area contributed by atoms with E-state index in [1.165, 1.54) is 35.2 Å². The SMILES string of the molecule is Cc1ccccc1N(C(=O)[C@H](C)Sc1ccc([N+](=O)[O-])cc1)c1nc2ccccc2s1. The average molecular weight is 450 g/mol. The van der Waals surface area contributed by atoms with E-state index in [4.69, 9.17) is 4.98 Å². The molecule has 0 bridgehead atoms. The van der Waals surface area contributed by atoms with Crippen LogP contribution >= 0.6 is 23.1 Å². The molecule has 31 heavy (non-hydrogen) atoms. The lowest BCUT2D eigenvalue weighted by atomic mass is 10.2. The highest BCUT2D eigenvalue weighted by Gasteiger charge is 2.28. The number of nitrogens with zero attached hydrogens (tertiary/aromatic N) is 3. The fourth-order valence-corrected chi connectivity index (χ4v) is 5.06. The molecule has 156 valence electrons. The highest BCUT2D eigenvalue weighted by atomic mass is 32.2. The summed E-state index contributed by atoms with van der Waals surface area (Å²) in [4.78, 5) is 31.3. The minimum absolute atomic E-state index is 0.0272. The third-order valence-electron chi connectivity index (χ3n) is 4.76. The van der Waals surface area contributed by atoms with E-state index >= 15 is 0 Å². The van der Waals surface area contributed by atoms with Crippen LogP contribution < -0.4 is 4.90 Å². The van der Waals surface area contributed by atoms with E-state index < -0.39 is 10.2 Å². The number of nitro groups is 1. The van der Waals surface area contributed by atoms with Crippen LogP contribution in [0, 0.1) is 17.0 Å². The molecule has 0 N–H and O–H groups in total. The monoisotopic (exact) mass is 449 g/mol. The number of carbonyl (C=O) groups is 1. The van der Waals surface area contributed by atoms with Gasteiger partial charge in [-0.3, -0.25) is 19.8 Å². The van der Waals surface area contributed by atoms with E-state index in [0.717, 1.165) is 26.4 Å². The van der Waals surface area contributed by atoms with E-state index in [9.17, 15) is 14.9 Å². The number of aromatic nitrogens is 1. The molecule has 0 aliphatic carbocycles. The maximum Gasteiger partial charge on any atom is 0.269 e. The molecule has 1 amide bonds. The number of thioether (sulfide) groups is 1. The van der Waals surface area contributed by atoms with Gasteiger partial charge in [-0.2, -0.15) is 0 Å². The largest absolute Gasteiger partial charge is 0.273 e. The van der Waals surface area contributed by atoms with Gasteiger partial charge >= 0.3 is 0 Å². The molecule has 0 fully saturated rings. The van der Waals surface area contributed by atoms with Crippen molar-refractivity contribution in [2.75, 3.05) is 4.90 Å². The number of aryl methyl sites for hydroxylation is 1. The first kappa shape index (κ1) is 21.0. The Bertz CT molecular complexity index is 1220. The molecule has 1 atom stereocenters. The van der Waals surface area contributed by atoms with Crippen LogP contribution in [0.2, 0.25) is 0 Å². The van der Waals surface area contributed by atoms with Crippen molar-refractivity contribution in [3.8, 4) is 0 Å². The first-order chi connectivity index (χ1) is 14.9. The quantitative estimate of drug-likeness (QED) is 0.194. The van der Waals surface area contributed by atoms with Gasteiger partial charge in [0.15, 0.2) is 5.13 Å². The Morgan fingerprint density at radius 3 is 2.42 bits per heavy atom. The highest BCUT2D eigenvalue weighted by molar-refractivity contribution is 8.00. The van der Waals surface area contributed by atoms with Crippen LogP contribution in [-0.4, -0.2) is 21.1 Å². The average Bonchev–Trinajstić information content (AvgIpc) is 3.19. The number of nitro benzene ring substituents is 1. The number of carbonyl (C=O) groups excluding carboxylic acids is 1. The van der Waals surface area contributed by atoms with E-state index in [2.05, 4.69) is 0 Å². The number of benzene rings is 3. The van der Waals surface area contributed by atoms with E-state index in [1.807, 2.05) is 62.4 Å². The van der Waals surface area contributed by atoms with Gasteiger partial charge < -0.3 is 0 Å². The highest BCUT2D eigenvalue weighted by Crippen LogP contribution is 2.37. The summed E-state index contributed by atoms with van der Waals surface area (Å²) in [6, 6.07) is 21.8. The smallest absolute Gasteiger partial charge is 0.269 e. The van der Waals surface area contributed by atoms with Crippen molar-refractivity contribution < 1.29 is 9.72 Å². The summed E-state index contributed by atoms with van der Waals surface area (Å²) in [5.41, 5.74) is 2.65. The summed E-state index contributed by atoms with van der Waals surface area (Å²) in [6.07, 6.45) is 0. The van der Waals surface area contributed by atoms with Gasteiger partial charge in [-0.15, -0.1) is 11.8 Å². The second-order valence-electron chi connectivity index (χ2n) is 6.94. The Morgan fingerprint density at radius 1 is 1.06 bits per heavy atom. The topological polar surface area (TPSA) is 76.3 Å². The molecule has 4 rings (SSSR count). The van der Waals surface area contributed by atoms with E-state index in [0.29, 0.717) is 5.13 Å². The van der Waals surface area contributed by atoms with Crippen molar-refractivity contribution in [1.29, 1.82) is 0 Å². The Kier molecular flexibility index (Phi) is 6.01. The van der Waals surface area contributed by atoms with Crippen molar-refractivity contribution in [2.45, 2.75) is 24.0 Å². The summed E-state index contributed by atoms with van der Waals surface area (Å²) in [5, 5.41) is 11.1. The molecular formula is C23H19N3O3S2. The Balaban J connectivity index is 1.68. The zero-order valence-corrected chi connectivity index (χ0v) is 18.5. The molecule has 0 aliphatic heterocycles. The third-order valence-corrected chi connectivity index (χ3v) is 6.88. The standard InChI is InChI=1S/C23H19N3O3S2/c1-15-7-3-5-9-20(15)25(23-24-19-8-4-6-10-21(19)31-23)22(27)16(2)30-18-13-11-17(12-14-18)26(28)29/h3-14,16H,1-2H3/t16-/m0/s1. The first-order valence-electron chi connectivity index (χ1n) is 9.60. The van der Waals surface area contributed by atoms with Gasteiger partial charge in [0, 0.05) is 17.0 Å². The molecule has 0 spiro atoms. The Morgan fingerprint density at radius 2 is 1.74 bits per heavy atom. The van der Waals surface area contributed by atoms with Crippen molar-refractivity contribution in [1.82, 2.24) is 4.98 Å². The van der Waals surface area contributed by atoms with E-state index in [1.54, 1.807) is 17.0 Å². The van der Waals surface area contributed by atoms with Gasteiger partial charge in [0.05, 0.1) is 26.1 Å². The van der Waals surface area contributed by atoms with Crippen LogP contribution in [0.5, 0.6) is 0 Å². The molecule has 1 heterocycles. The summed E-state index contributed by atoms with van der Waals surface area (Å²) >= 11 is 2.84. The molecule has 1 aromatic heterocycles. The van der Waals surface area contributed by atoms with Gasteiger partial charge in [0.1, 0.15) is 0 Å². The second-order valence-corrected chi connectivity index (χ2v) is 9.36. The number of hydrogen-bond acceptors (Lipinski definition) is 6. The van der Waals surface area contributed by atoms with Crippen molar-refractivity contribution in [3.05, 3.63) is 88.5 Å². The fraction of sp³-hybridized carbons (Fsp3) is 0.130. The summed E-state index contributed by atoms with van der Waals surface area (Å²) in [6.45, 7) is 3.81. The van der Waals surface area contributed by atoms with Gasteiger partial charge in [0.2, 0.25) is 5.91 Å². The van der Waals surface area contributed by atoms with Crippen molar-refractivity contribution in [2.24, 2.45) is 0 Å². The zero-order valence-electron chi connectivity index (χ0n) is 16.9. The Hall–Kier alpha value is -3.23. The molecule has 3 aromatic carbocycles. The number of non-ortho nitro benzene ring substituents is 1. The number of para-hydroxylation sites is 2. The first-order valence-corrected chi connectivity index (χ1v) is 11.3. The zero-order chi connectivity index (χ0) is 22.0. The predicted octanol–water partition coefficient (Wildman–Crippen LogP) is 6.36. The van der Waals surface area contributed by atoms with Crippen molar-refractivity contribution >= 4 is 55.7 Å². The van der Waals surface area contributed by atoms with Crippen LogP contribution in [0.15, 0.2) is 77.7 Å². The van der Waals surface area contributed by atoms with Gasteiger partial charge in [-0.05, 0) is 49.7 Å². The number of amides is 1. The predicted molar refractivity (Wildman–Crippen MR) is 126 cm³/mol. The summed E-state index contributed by atoms with van der Waals surface area (Å²) in [7, 11) is 0. The Labute approximate surface area is 187 Å². The molecule has 0 saturated carbocycles. The van der Waals surface area contributed by atoms with Crippen LogP contribution in [0.3, 0.4) is 0 Å². The maximum absolute atomic E-state index is 13.6. The normalized spacial score (nSPS) is 11.9. The van der Waals surface area contributed by atoms with Gasteiger partial charge in [-0.25, -0.2) is 4.98 Å². The lowest BCUT2D eigenvalue weighted by molar-refractivity contribution is -0.384. The number of anilines is 2. The van der Waals surface area contributed by atoms with E-state index in [-0.39, 0.29) is 11.6 Å². The number of thiazole rings is 1. The lowest BCUT2D eigenvalue weighted by Gasteiger charge is -2.24. The fourth-order valence-electron chi connectivity index (χ4n) is 3.17.